The van der Waals surface area contributed by atoms with Crippen LogP contribution in [-0.2, 0) is 0 Å². The molecule has 3 nitrogen and oxygen atoms in total. The third kappa shape index (κ3) is 2.56. The van der Waals surface area contributed by atoms with Crippen LogP contribution in [0.5, 0.6) is 5.75 Å². The van der Waals surface area contributed by atoms with E-state index < -0.39 is 0 Å². The lowest BCUT2D eigenvalue weighted by molar-refractivity contribution is 0.0926. The number of thiophene rings is 1. The molecule has 0 bridgehead atoms. The highest BCUT2D eigenvalue weighted by Gasteiger charge is 2.10. The van der Waals surface area contributed by atoms with Gasteiger partial charge in [0.05, 0.1) is 4.88 Å². The second-order valence-electron chi connectivity index (χ2n) is 4.45. The second kappa shape index (κ2) is 5.43. The van der Waals surface area contributed by atoms with Crippen molar-refractivity contribution in [1.82, 2.24) is 4.98 Å². The average molecular weight is 283 g/mol. The number of rotatable bonds is 4. The zero-order valence-corrected chi connectivity index (χ0v) is 11.8. The minimum atomic E-state index is -0.00367. The van der Waals surface area contributed by atoms with Crippen molar-refractivity contribution in [1.29, 1.82) is 0 Å². The van der Waals surface area contributed by atoms with Crippen LogP contribution in [0.15, 0.2) is 48.7 Å². The molecule has 0 spiro atoms. The summed E-state index contributed by atoms with van der Waals surface area (Å²) in [5.41, 5.74) is 0.783. The van der Waals surface area contributed by atoms with Gasteiger partial charge in [-0.15, -0.1) is 11.3 Å². The van der Waals surface area contributed by atoms with Gasteiger partial charge >= 0.3 is 0 Å². The van der Waals surface area contributed by atoms with Crippen molar-refractivity contribution in [3.05, 3.63) is 58.4 Å². The highest BCUT2D eigenvalue weighted by molar-refractivity contribution is 7.14. The standard InChI is InChI=1S/C16H13NO2S/c1-11-7-8-15(20-11)13(18)10-19-14-6-2-4-12-5-3-9-17-16(12)14/h2-9H,10H2,1H3. The van der Waals surface area contributed by atoms with Gasteiger partial charge in [-0.2, -0.15) is 0 Å². The third-order valence-corrected chi connectivity index (χ3v) is 4.01. The first-order valence-corrected chi connectivity index (χ1v) is 7.12. The van der Waals surface area contributed by atoms with E-state index in [1.165, 1.54) is 11.3 Å². The number of ether oxygens (including phenoxy) is 1. The lowest BCUT2D eigenvalue weighted by Crippen LogP contribution is -2.10. The molecule has 0 aliphatic carbocycles. The van der Waals surface area contributed by atoms with Gasteiger partial charge in [-0.05, 0) is 31.2 Å². The van der Waals surface area contributed by atoms with E-state index in [-0.39, 0.29) is 12.4 Å². The number of hydrogen-bond acceptors (Lipinski definition) is 4. The van der Waals surface area contributed by atoms with Gasteiger partial charge in [0.2, 0.25) is 5.78 Å². The van der Waals surface area contributed by atoms with Gasteiger partial charge in [0.25, 0.3) is 0 Å². The Labute approximate surface area is 120 Å². The number of fused-ring (bicyclic) bond motifs is 1. The lowest BCUT2D eigenvalue weighted by atomic mass is 10.2. The fraction of sp³-hybridized carbons (Fsp3) is 0.125. The predicted octanol–water partition coefficient (Wildman–Crippen LogP) is 3.87. The molecule has 2 aromatic heterocycles. The van der Waals surface area contributed by atoms with Crippen LogP contribution in [-0.4, -0.2) is 17.4 Å². The molecule has 2 heterocycles. The van der Waals surface area contributed by atoms with Gasteiger partial charge in [-0.1, -0.05) is 18.2 Å². The van der Waals surface area contributed by atoms with Crippen LogP contribution in [0.25, 0.3) is 10.9 Å². The molecule has 0 atom stereocenters. The molecule has 0 saturated carbocycles. The van der Waals surface area contributed by atoms with Crippen LogP contribution < -0.4 is 4.74 Å². The molecular weight excluding hydrogens is 270 g/mol. The SMILES string of the molecule is Cc1ccc(C(=O)COc2cccc3cccnc23)s1. The normalized spacial score (nSPS) is 10.7. The molecule has 4 heteroatoms. The molecular formula is C16H13NO2S. The van der Waals surface area contributed by atoms with Crippen molar-refractivity contribution >= 4 is 28.0 Å². The summed E-state index contributed by atoms with van der Waals surface area (Å²) in [4.78, 5) is 18.2. The fourth-order valence-corrected chi connectivity index (χ4v) is 2.78. The lowest BCUT2D eigenvalue weighted by Gasteiger charge is -2.07. The number of carbonyl (C=O) groups excluding carboxylic acids is 1. The van der Waals surface area contributed by atoms with Crippen molar-refractivity contribution in [3.8, 4) is 5.75 Å². The first-order chi connectivity index (χ1) is 9.74. The maximum atomic E-state index is 12.0. The van der Waals surface area contributed by atoms with Gasteiger partial charge < -0.3 is 4.74 Å². The van der Waals surface area contributed by atoms with Crippen LogP contribution >= 0.6 is 11.3 Å². The maximum absolute atomic E-state index is 12.0. The Kier molecular flexibility index (Phi) is 3.48. The van der Waals surface area contributed by atoms with Crippen molar-refractivity contribution in [3.63, 3.8) is 0 Å². The third-order valence-electron chi connectivity index (χ3n) is 2.97. The second-order valence-corrected chi connectivity index (χ2v) is 5.74. The molecule has 1 aromatic carbocycles. The average Bonchev–Trinajstić information content (AvgIpc) is 2.91. The number of Topliss-reactive ketones (excluding diaryl/α,β-unsaturated/α-hetero) is 1. The maximum Gasteiger partial charge on any atom is 0.210 e. The van der Waals surface area contributed by atoms with E-state index in [0.29, 0.717) is 5.75 Å². The van der Waals surface area contributed by atoms with Crippen molar-refractivity contribution in [2.75, 3.05) is 6.61 Å². The van der Waals surface area contributed by atoms with Gasteiger partial charge in [0.15, 0.2) is 6.61 Å². The molecule has 0 N–H and O–H groups in total. The van der Waals surface area contributed by atoms with E-state index in [1.807, 2.05) is 49.4 Å². The van der Waals surface area contributed by atoms with Crippen molar-refractivity contribution < 1.29 is 9.53 Å². The number of pyridine rings is 1. The Balaban J connectivity index is 1.79. The molecule has 0 aliphatic heterocycles. The van der Waals surface area contributed by atoms with Crippen molar-refractivity contribution in [2.24, 2.45) is 0 Å². The Morgan fingerprint density at radius 2 is 2.05 bits per heavy atom. The van der Waals surface area contributed by atoms with Gasteiger partial charge in [-0.25, -0.2) is 0 Å². The number of para-hydroxylation sites is 1. The predicted molar refractivity (Wildman–Crippen MR) is 80.6 cm³/mol. The Bertz CT molecular complexity index is 759. The molecule has 0 saturated heterocycles. The summed E-state index contributed by atoms with van der Waals surface area (Å²) >= 11 is 1.49. The smallest absolute Gasteiger partial charge is 0.210 e. The molecule has 3 rings (SSSR count). The summed E-state index contributed by atoms with van der Waals surface area (Å²) in [5.74, 6) is 0.640. The molecule has 3 aromatic rings. The molecule has 100 valence electrons. The summed E-state index contributed by atoms with van der Waals surface area (Å²) in [7, 11) is 0. The molecule has 0 fully saturated rings. The number of aryl methyl sites for hydroxylation is 1. The summed E-state index contributed by atoms with van der Waals surface area (Å²) in [6.07, 6.45) is 1.72. The van der Waals surface area contributed by atoms with Crippen LogP contribution in [0.4, 0.5) is 0 Å². The number of benzene rings is 1. The van der Waals surface area contributed by atoms with Crippen molar-refractivity contribution in [2.45, 2.75) is 6.92 Å². The van der Waals surface area contributed by atoms with Crippen LogP contribution in [0.3, 0.4) is 0 Å². The van der Waals surface area contributed by atoms with E-state index in [1.54, 1.807) is 6.20 Å². The Morgan fingerprint density at radius 3 is 2.85 bits per heavy atom. The van der Waals surface area contributed by atoms with Gasteiger partial charge in [0, 0.05) is 16.5 Å². The van der Waals surface area contributed by atoms with E-state index in [0.717, 1.165) is 20.7 Å². The molecule has 0 unspecified atom stereocenters. The summed E-state index contributed by atoms with van der Waals surface area (Å²) in [5, 5.41) is 1.00. The molecule has 20 heavy (non-hydrogen) atoms. The van der Waals surface area contributed by atoms with Crippen LogP contribution in [0.2, 0.25) is 0 Å². The summed E-state index contributed by atoms with van der Waals surface area (Å²) < 4.78 is 5.64. The van der Waals surface area contributed by atoms with Crippen LogP contribution in [0.1, 0.15) is 14.5 Å². The van der Waals surface area contributed by atoms with E-state index in [4.69, 9.17) is 4.74 Å². The van der Waals surface area contributed by atoms with Crippen LogP contribution in [0, 0.1) is 6.92 Å². The summed E-state index contributed by atoms with van der Waals surface area (Å²) in [6, 6.07) is 13.3. The van der Waals surface area contributed by atoms with Gasteiger partial charge in [0.1, 0.15) is 11.3 Å². The quantitative estimate of drug-likeness (QED) is 0.682. The fourth-order valence-electron chi connectivity index (χ4n) is 1.99. The molecule has 0 aliphatic rings. The molecule has 0 amide bonds. The largest absolute Gasteiger partial charge is 0.483 e. The minimum Gasteiger partial charge on any atom is -0.483 e. The van der Waals surface area contributed by atoms with E-state index in [9.17, 15) is 4.79 Å². The summed E-state index contributed by atoms with van der Waals surface area (Å²) in [6.45, 7) is 2.02. The first kappa shape index (κ1) is 12.8. The van der Waals surface area contributed by atoms with E-state index in [2.05, 4.69) is 4.98 Å². The molecule has 0 radical (unpaired) electrons. The zero-order chi connectivity index (χ0) is 13.9. The topological polar surface area (TPSA) is 39.2 Å². The Hall–Kier alpha value is -2.20. The first-order valence-electron chi connectivity index (χ1n) is 6.30. The number of nitrogens with zero attached hydrogens (tertiary/aromatic N) is 1. The zero-order valence-electron chi connectivity index (χ0n) is 11.0. The number of aromatic nitrogens is 1. The minimum absolute atomic E-state index is 0.00367. The highest BCUT2D eigenvalue weighted by Crippen LogP contribution is 2.23. The Morgan fingerprint density at radius 1 is 1.20 bits per heavy atom. The number of ketones is 1. The van der Waals surface area contributed by atoms with Gasteiger partial charge in [-0.3, -0.25) is 9.78 Å². The monoisotopic (exact) mass is 283 g/mol. The highest BCUT2D eigenvalue weighted by atomic mass is 32.1. The number of carbonyl (C=O) groups is 1. The number of hydrogen-bond donors (Lipinski definition) is 0. The van der Waals surface area contributed by atoms with E-state index >= 15 is 0 Å².